The molecule has 3 radical (unpaired) electrons. The SMILES string of the molecule is CC[C@@H]1[C@@H]2CN(C(=O)[C@H](C(C)(C)C)NC(=O)O[C@@H]3CCC[C@H]3CCCC(F)(F)C(F)(F)c3nc4ccc(OC)cc4nc3O2)[C@@H]1[C-]=O.CC[C@@H]1[C@@H]2CN(C(=O)[C@H](C(C)(C)C)NC(=O)O[C@@H]3C[C@H]3CCCC(F)(F)C(F)(F)c3nc4ccc(OC)cc4nc3O2)[C@@H]1[C-]=O.CC[C@@H]1[C@@H]2CN(C(=O)[C@H](C(C)(C)C)NC(=O)O[C@]3(C)C[C@H]3CCCC(F)(F)C(F)(F)c3nc4ccc(OC)cc4nc3O2)[C@@H]1[C-]=O.[V].[V].[V]. The number of aromatic nitrogens is 6. The summed E-state index contributed by atoms with van der Waals surface area (Å²) in [6, 6.07) is 5.62. The molecule has 45 heteroatoms. The van der Waals surface area contributed by atoms with E-state index in [-0.39, 0.29) is 184 Å². The van der Waals surface area contributed by atoms with Crippen molar-refractivity contribution >= 4 is 88.0 Å². The summed E-state index contributed by atoms with van der Waals surface area (Å²) in [4.78, 5) is 146. The summed E-state index contributed by atoms with van der Waals surface area (Å²) >= 11 is 0. The van der Waals surface area contributed by atoms with Crippen LogP contribution in [0.4, 0.5) is 67.1 Å². The predicted molar refractivity (Wildman–Crippen MR) is 473 cm³/mol. The largest absolute Gasteiger partial charge is 0.540 e. The molecule has 6 aromatic rings. The van der Waals surface area contributed by atoms with Gasteiger partial charge in [0.2, 0.25) is 35.4 Å². The number of nitrogens with zero attached hydrogens (tertiary/aromatic N) is 9. The Morgan fingerprint density at radius 1 is 0.397 bits per heavy atom. The molecule has 6 amide bonds. The van der Waals surface area contributed by atoms with Crippen LogP contribution < -0.4 is 44.4 Å². The zero-order chi connectivity index (χ0) is 101. The van der Waals surface area contributed by atoms with Crippen molar-refractivity contribution in [2.75, 3.05) is 41.0 Å². The standard InChI is InChI=1S/C33H41F4N4O6.C32H39F4N4O6.C31H37F4N4O6.3V/c1-6-20-23(17-42)41-16-25(20)46-28-26(38-21-13-12-19(45-5)15-22(21)39-28)33(36,37)32(34,35)14-8-10-18-9-7-11-24(18)47-30(44)40-27(29(41)43)31(2,3)4;1-7-19-22(16-41)40-15-23(19)45-26-24(37-20-11-10-18(44-6)13-21(20)38-26)32(35,36)31(33,34)12-8-9-17-14-30(17,5)46-28(43)39-25(27(40)42)29(2,3)4;1-6-18-21(15-40)39-14-23(18)44-26-24(36-19-10-9-17(43-5)13-20(19)37-26)31(34,35)30(32,33)11-7-8-16-12-22(16)45-28(42)38-25(27(39)41)29(2,3)4;;;/h12-13,15,18,20,23-25,27H,6-11,14,16H2,1-5H3,(H,40,44);10-11,13,17,19,22-23,25H,7-9,12,14-15H2,1-6H3,(H,39,43);9-10,13,16,18,21-23,25H,6-8,11-12,14H2,1-5H3,(H,38,42);;;/q3*-1;;;/t18-,20-,23+,24+,25-,27+;17-,19+,22-,23+,25-,30-;16-,18+,21-,22-,23+,25-;;;/m011.../s1. The molecule has 30 nitrogen and oxygen atoms in total. The van der Waals surface area contributed by atoms with Crippen LogP contribution in [0.3, 0.4) is 0 Å². The normalized spacial score (nSPS) is 29.8. The first-order valence-corrected chi connectivity index (χ1v) is 46.5. The molecule has 15 rings (SSSR count). The third-order valence-electron chi connectivity index (χ3n) is 27.9. The third-order valence-corrected chi connectivity index (χ3v) is 27.9. The Labute approximate surface area is 844 Å². The Hall–Kier alpha value is -9.38. The third kappa shape index (κ3) is 23.8. The number of halogens is 12. The van der Waals surface area contributed by atoms with Crippen molar-refractivity contribution in [3.63, 3.8) is 0 Å². The predicted octanol–water partition coefficient (Wildman–Crippen LogP) is 16.7. The second-order valence-electron chi connectivity index (χ2n) is 40.6. The van der Waals surface area contributed by atoms with Gasteiger partial charge in [0.15, 0.2) is 17.1 Å². The number of rotatable bonds is 9. The fraction of sp³-hybridized carbons (Fsp3) is 0.656. The first kappa shape index (κ1) is 114. The van der Waals surface area contributed by atoms with Gasteiger partial charge in [0.25, 0.3) is 0 Å². The molecule has 3 aromatic heterocycles. The molecule has 9 heterocycles. The molecule has 771 valence electrons. The number of fused-ring (bicyclic) bond motifs is 15. The maximum Gasteiger partial charge on any atom is 0.408 e. The van der Waals surface area contributed by atoms with Crippen LogP contribution in [0.2, 0.25) is 0 Å². The van der Waals surface area contributed by atoms with E-state index in [2.05, 4.69) is 45.9 Å². The summed E-state index contributed by atoms with van der Waals surface area (Å²) in [6.07, 6.45) is -2.35. The monoisotopic (exact) mass is 2110 g/mol. The van der Waals surface area contributed by atoms with Gasteiger partial charge in [0.1, 0.15) is 71.5 Å². The summed E-state index contributed by atoms with van der Waals surface area (Å²) in [5, 5.41) is 7.95. The molecule has 3 aliphatic carbocycles. The Balaban J connectivity index is 0.000000215. The van der Waals surface area contributed by atoms with Crippen LogP contribution in [0.25, 0.3) is 33.1 Å². The second kappa shape index (κ2) is 43.9. The van der Waals surface area contributed by atoms with Gasteiger partial charge in [-0.1, -0.05) is 120 Å². The number of alkyl halides is 12. The number of alkyl carbamates (subject to hydrolysis) is 3. The first-order chi connectivity index (χ1) is 64.7. The number of amides is 6. The van der Waals surface area contributed by atoms with Crippen LogP contribution in [0.15, 0.2) is 54.6 Å². The van der Waals surface area contributed by atoms with Crippen LogP contribution in [0, 0.1) is 51.8 Å². The number of benzene rings is 3. The van der Waals surface area contributed by atoms with Gasteiger partial charge < -0.3 is 87.7 Å². The van der Waals surface area contributed by atoms with Gasteiger partial charge >= 0.3 is 53.8 Å². The minimum atomic E-state index is -4.80. The zero-order valence-electron chi connectivity index (χ0n) is 80.9. The van der Waals surface area contributed by atoms with E-state index in [4.69, 9.17) is 42.6 Å². The summed E-state index contributed by atoms with van der Waals surface area (Å²) in [6.45, 7) is 21.5. The molecule has 3 saturated heterocycles. The van der Waals surface area contributed by atoms with Crippen LogP contribution in [-0.4, -0.2) is 231 Å². The van der Waals surface area contributed by atoms with E-state index in [0.717, 1.165) is 0 Å². The van der Waals surface area contributed by atoms with Crippen molar-refractivity contribution in [1.29, 1.82) is 0 Å². The molecule has 3 N–H and O–H groups in total. The summed E-state index contributed by atoms with van der Waals surface area (Å²) in [5.41, 5.74) is -7.57. The quantitative estimate of drug-likeness (QED) is 0.0687. The molecule has 18 atom stereocenters. The van der Waals surface area contributed by atoms with Gasteiger partial charge in [-0.15, -0.1) is 0 Å². The maximum absolute atomic E-state index is 16.0. The fourth-order valence-corrected chi connectivity index (χ4v) is 19.6. The molecule has 3 saturated carbocycles. The van der Waals surface area contributed by atoms with E-state index >= 15 is 52.7 Å². The fourth-order valence-electron chi connectivity index (χ4n) is 19.6. The number of nitrogens with one attached hydrogen (secondary N) is 3. The van der Waals surface area contributed by atoms with E-state index in [1.54, 1.807) is 90.0 Å². The number of carbonyl (C=O) groups excluding carboxylic acids is 9. The molecule has 0 unspecified atom stereocenters. The summed E-state index contributed by atoms with van der Waals surface area (Å²) < 4.78 is 239. The maximum atomic E-state index is 16.0. The Bertz CT molecular complexity index is 5560. The van der Waals surface area contributed by atoms with Crippen molar-refractivity contribution in [1.82, 2.24) is 60.6 Å². The molecular formula is C96H117F12N12O18V3-3. The first-order valence-electron chi connectivity index (χ1n) is 46.5. The van der Waals surface area contributed by atoms with Crippen LogP contribution in [-0.2, 0) is 116 Å². The van der Waals surface area contributed by atoms with Gasteiger partial charge in [0.05, 0.1) is 74.1 Å². The van der Waals surface area contributed by atoms with Gasteiger partial charge in [-0.05, 0) is 160 Å². The van der Waals surface area contributed by atoms with E-state index in [1.165, 1.54) is 90.6 Å². The average molecular weight is 2110 g/mol. The molecule has 9 aliphatic rings. The number of hydrogen-bond donors (Lipinski definition) is 3. The molecule has 6 aliphatic heterocycles. The van der Waals surface area contributed by atoms with Gasteiger partial charge in [0, 0.05) is 99.0 Å². The van der Waals surface area contributed by atoms with Crippen molar-refractivity contribution in [3.8, 4) is 34.9 Å². The van der Waals surface area contributed by atoms with Crippen molar-refractivity contribution in [3.05, 3.63) is 71.7 Å². The molecule has 6 fully saturated rings. The topological polar surface area (TPSA) is 360 Å². The van der Waals surface area contributed by atoms with Gasteiger partial charge in [-0.2, -0.15) is 52.7 Å². The van der Waals surface area contributed by atoms with E-state index in [0.29, 0.717) is 49.4 Å². The molecule has 3 aromatic carbocycles. The molecular weight excluding hydrogens is 1990 g/mol. The second-order valence-corrected chi connectivity index (χ2v) is 40.6. The molecule has 0 spiro atoms. The van der Waals surface area contributed by atoms with Crippen LogP contribution in [0.1, 0.15) is 216 Å². The van der Waals surface area contributed by atoms with Crippen molar-refractivity contribution in [2.24, 2.45) is 51.8 Å². The number of carbonyl (C=O) groups is 6. The summed E-state index contributed by atoms with van der Waals surface area (Å²) in [7, 11) is 4.18. The Morgan fingerprint density at radius 2 is 0.702 bits per heavy atom. The number of methoxy groups -OCH3 is 3. The zero-order valence-corrected chi connectivity index (χ0v) is 85.1. The minimum Gasteiger partial charge on any atom is -0.540 e. The van der Waals surface area contributed by atoms with Crippen LogP contribution >= 0.6 is 0 Å². The Kier molecular flexibility index (Phi) is 35.4. The average Bonchev–Trinajstić information content (AvgIpc) is 1.61. The number of ether oxygens (including phenoxy) is 9. The van der Waals surface area contributed by atoms with Gasteiger partial charge in [-0.3, -0.25) is 14.4 Å². The molecule has 6 bridgehead atoms. The van der Waals surface area contributed by atoms with E-state index in [1.807, 2.05) is 18.9 Å². The summed E-state index contributed by atoms with van der Waals surface area (Å²) in [5.74, 6) is -34.7. The van der Waals surface area contributed by atoms with Crippen LogP contribution in [0.5, 0.6) is 34.9 Å². The van der Waals surface area contributed by atoms with E-state index in [9.17, 15) is 43.2 Å². The van der Waals surface area contributed by atoms with Crippen molar-refractivity contribution < 1.29 is 194 Å². The van der Waals surface area contributed by atoms with Gasteiger partial charge in [-0.25, -0.2) is 63.1 Å². The Morgan fingerprint density at radius 3 is 1.01 bits per heavy atom. The smallest absolute Gasteiger partial charge is 0.408 e. The molecule has 141 heavy (non-hydrogen) atoms. The van der Waals surface area contributed by atoms with Crippen molar-refractivity contribution in [2.45, 2.75) is 307 Å². The minimum absolute atomic E-state index is 0. The number of hydrogen-bond acceptors (Lipinski definition) is 24. The van der Waals surface area contributed by atoms with E-state index < -0.39 is 232 Å².